The van der Waals surface area contributed by atoms with Gasteiger partial charge in [0, 0.05) is 25.3 Å². The molecule has 0 aromatic carbocycles. The zero-order chi connectivity index (χ0) is 8.18. The Balaban J connectivity index is 2.14. The summed E-state index contributed by atoms with van der Waals surface area (Å²) in [5, 5.41) is 10.2. The molecular weight excluding hydrogens is 150 g/mol. The molecule has 0 aromatic heterocycles. The SMILES string of the molecule is CC12C3=CC=NN1CCC2NC3. The fourth-order valence-electron chi connectivity index (χ4n) is 2.66. The Hall–Kier alpha value is -0.830. The van der Waals surface area contributed by atoms with E-state index in [-0.39, 0.29) is 5.54 Å². The van der Waals surface area contributed by atoms with Crippen LogP contribution in [-0.4, -0.2) is 35.9 Å². The molecule has 2 fully saturated rings. The van der Waals surface area contributed by atoms with E-state index in [0.717, 1.165) is 13.1 Å². The van der Waals surface area contributed by atoms with Crippen LogP contribution in [0.1, 0.15) is 13.3 Å². The van der Waals surface area contributed by atoms with Crippen molar-refractivity contribution >= 4 is 6.21 Å². The molecule has 0 saturated carbocycles. The van der Waals surface area contributed by atoms with Gasteiger partial charge in [-0.05, 0) is 25.0 Å². The number of nitrogens with zero attached hydrogens (tertiary/aromatic N) is 2. The summed E-state index contributed by atoms with van der Waals surface area (Å²) in [6.07, 6.45) is 5.31. The highest BCUT2D eigenvalue weighted by Crippen LogP contribution is 2.40. The van der Waals surface area contributed by atoms with Crippen molar-refractivity contribution < 1.29 is 0 Å². The van der Waals surface area contributed by atoms with E-state index in [9.17, 15) is 0 Å². The third-order valence-electron chi connectivity index (χ3n) is 3.52. The van der Waals surface area contributed by atoms with Crippen LogP contribution in [0.2, 0.25) is 0 Å². The average molecular weight is 163 g/mol. The summed E-state index contributed by atoms with van der Waals surface area (Å²) in [6, 6.07) is 0.626. The fourth-order valence-corrected chi connectivity index (χ4v) is 2.66. The molecule has 0 aromatic rings. The second-order valence-corrected chi connectivity index (χ2v) is 3.95. The van der Waals surface area contributed by atoms with E-state index in [1.165, 1.54) is 12.0 Å². The van der Waals surface area contributed by atoms with Crippen molar-refractivity contribution in [3.05, 3.63) is 11.6 Å². The van der Waals surface area contributed by atoms with Crippen LogP contribution >= 0.6 is 0 Å². The van der Waals surface area contributed by atoms with E-state index in [2.05, 4.69) is 28.4 Å². The molecular formula is C9H13N3. The normalized spacial score (nSPS) is 43.2. The molecule has 0 radical (unpaired) electrons. The van der Waals surface area contributed by atoms with Crippen LogP contribution in [0.5, 0.6) is 0 Å². The van der Waals surface area contributed by atoms with E-state index in [4.69, 9.17) is 0 Å². The van der Waals surface area contributed by atoms with Crippen LogP contribution in [0.15, 0.2) is 16.8 Å². The van der Waals surface area contributed by atoms with Crippen molar-refractivity contribution in [2.75, 3.05) is 13.1 Å². The first-order valence-corrected chi connectivity index (χ1v) is 4.56. The van der Waals surface area contributed by atoms with E-state index >= 15 is 0 Å². The Kier molecular flexibility index (Phi) is 1.06. The molecule has 0 amide bonds. The van der Waals surface area contributed by atoms with Gasteiger partial charge in [-0.1, -0.05) is 0 Å². The van der Waals surface area contributed by atoms with Crippen molar-refractivity contribution in [1.29, 1.82) is 0 Å². The molecule has 12 heavy (non-hydrogen) atoms. The Morgan fingerprint density at radius 2 is 2.67 bits per heavy atom. The molecule has 3 aliphatic heterocycles. The lowest BCUT2D eigenvalue weighted by Gasteiger charge is -2.35. The van der Waals surface area contributed by atoms with Gasteiger partial charge < -0.3 is 5.32 Å². The molecule has 3 heterocycles. The van der Waals surface area contributed by atoms with E-state index in [0.29, 0.717) is 6.04 Å². The second kappa shape index (κ2) is 1.91. The molecule has 2 saturated heterocycles. The first-order valence-electron chi connectivity index (χ1n) is 4.56. The average Bonchev–Trinajstić information content (AvgIpc) is 2.57. The molecule has 0 spiro atoms. The molecule has 2 atom stereocenters. The first kappa shape index (κ1) is 6.66. The quantitative estimate of drug-likeness (QED) is 0.558. The van der Waals surface area contributed by atoms with Gasteiger partial charge in [0.2, 0.25) is 0 Å². The number of hydrogen-bond acceptors (Lipinski definition) is 3. The summed E-state index contributed by atoms with van der Waals surface area (Å²) >= 11 is 0. The second-order valence-electron chi connectivity index (χ2n) is 3.95. The molecule has 1 N–H and O–H groups in total. The first-order chi connectivity index (χ1) is 5.82. The van der Waals surface area contributed by atoms with Gasteiger partial charge in [0.1, 0.15) is 0 Å². The molecule has 3 nitrogen and oxygen atoms in total. The Morgan fingerprint density at radius 3 is 3.58 bits per heavy atom. The van der Waals surface area contributed by atoms with Crippen LogP contribution in [0, 0.1) is 0 Å². The third kappa shape index (κ3) is 0.556. The lowest BCUT2D eigenvalue weighted by molar-refractivity contribution is 0.196. The zero-order valence-corrected chi connectivity index (χ0v) is 7.25. The smallest absolute Gasteiger partial charge is 0.0928 e. The van der Waals surface area contributed by atoms with Gasteiger partial charge in [-0.2, -0.15) is 5.10 Å². The number of hydrogen-bond donors (Lipinski definition) is 1. The van der Waals surface area contributed by atoms with Gasteiger partial charge in [0.15, 0.2) is 0 Å². The van der Waals surface area contributed by atoms with Gasteiger partial charge >= 0.3 is 0 Å². The summed E-state index contributed by atoms with van der Waals surface area (Å²) < 4.78 is 0. The van der Waals surface area contributed by atoms with Crippen LogP contribution in [0.3, 0.4) is 0 Å². The molecule has 0 bridgehead atoms. The summed E-state index contributed by atoms with van der Waals surface area (Å²) in [5.74, 6) is 0. The Bertz CT molecular complexity index is 281. The lowest BCUT2D eigenvalue weighted by atomic mass is 9.89. The van der Waals surface area contributed by atoms with Gasteiger partial charge in [0.05, 0.1) is 5.54 Å². The molecule has 3 aliphatic rings. The highest BCUT2D eigenvalue weighted by Gasteiger charge is 2.51. The van der Waals surface area contributed by atoms with Crippen molar-refractivity contribution in [2.24, 2.45) is 5.10 Å². The maximum atomic E-state index is 4.40. The summed E-state index contributed by atoms with van der Waals surface area (Å²) in [4.78, 5) is 0. The van der Waals surface area contributed by atoms with Crippen LogP contribution in [0.4, 0.5) is 0 Å². The van der Waals surface area contributed by atoms with Crippen molar-refractivity contribution in [1.82, 2.24) is 10.3 Å². The van der Waals surface area contributed by atoms with Gasteiger partial charge in [-0.25, -0.2) is 0 Å². The molecule has 3 heteroatoms. The highest BCUT2D eigenvalue weighted by atomic mass is 15.5. The number of allylic oxidation sites excluding steroid dienone is 1. The molecule has 0 aliphatic carbocycles. The Morgan fingerprint density at radius 1 is 1.75 bits per heavy atom. The van der Waals surface area contributed by atoms with Gasteiger partial charge in [-0.3, -0.25) is 5.01 Å². The minimum absolute atomic E-state index is 0.203. The lowest BCUT2D eigenvalue weighted by Crippen LogP contribution is -2.46. The maximum absolute atomic E-state index is 4.40. The maximum Gasteiger partial charge on any atom is 0.0928 e. The fraction of sp³-hybridized carbons (Fsp3) is 0.667. The minimum atomic E-state index is 0.203. The molecule has 3 rings (SSSR count). The van der Waals surface area contributed by atoms with Crippen LogP contribution in [-0.2, 0) is 0 Å². The largest absolute Gasteiger partial charge is 0.307 e. The van der Waals surface area contributed by atoms with E-state index < -0.39 is 0 Å². The van der Waals surface area contributed by atoms with Crippen molar-refractivity contribution in [3.8, 4) is 0 Å². The zero-order valence-electron chi connectivity index (χ0n) is 7.25. The molecule has 2 unspecified atom stereocenters. The predicted molar refractivity (Wildman–Crippen MR) is 48.1 cm³/mol. The molecule has 64 valence electrons. The van der Waals surface area contributed by atoms with Gasteiger partial charge in [-0.15, -0.1) is 0 Å². The Labute approximate surface area is 72.1 Å². The van der Waals surface area contributed by atoms with Crippen LogP contribution < -0.4 is 5.32 Å². The van der Waals surface area contributed by atoms with E-state index in [1.54, 1.807) is 0 Å². The third-order valence-corrected chi connectivity index (χ3v) is 3.52. The standard InChI is InChI=1S/C9H13N3/c1-9-7-2-4-11-12(9)5-3-8(9)10-6-7/h2,4,8,10H,3,5-6H2,1H3. The minimum Gasteiger partial charge on any atom is -0.307 e. The van der Waals surface area contributed by atoms with Crippen LogP contribution in [0.25, 0.3) is 0 Å². The predicted octanol–water partition coefficient (Wildman–Crippen LogP) is 0.348. The summed E-state index contributed by atoms with van der Waals surface area (Å²) in [6.45, 7) is 4.44. The summed E-state index contributed by atoms with van der Waals surface area (Å²) in [5.41, 5.74) is 1.70. The number of hydrazone groups is 1. The van der Waals surface area contributed by atoms with Crippen molar-refractivity contribution in [2.45, 2.75) is 24.9 Å². The van der Waals surface area contributed by atoms with Gasteiger partial charge in [0.25, 0.3) is 0 Å². The monoisotopic (exact) mass is 163 g/mol. The number of rotatable bonds is 0. The van der Waals surface area contributed by atoms with Crippen molar-refractivity contribution in [3.63, 3.8) is 0 Å². The number of nitrogens with one attached hydrogen (secondary N) is 1. The highest BCUT2D eigenvalue weighted by molar-refractivity contribution is 5.74. The topological polar surface area (TPSA) is 27.6 Å². The summed E-state index contributed by atoms with van der Waals surface area (Å²) in [7, 11) is 0. The van der Waals surface area contributed by atoms with E-state index in [1.807, 2.05) is 6.21 Å².